The van der Waals surface area contributed by atoms with E-state index in [0.717, 1.165) is 38.5 Å². The Hall–Kier alpha value is -0.610. The third-order valence-electron chi connectivity index (χ3n) is 3.75. The van der Waals surface area contributed by atoms with Gasteiger partial charge < -0.3 is 5.73 Å². The molecular weight excluding hydrogens is 204 g/mol. The SMILES string of the molecule is NC1(CC(=O)NOC2CCCC2)CCCC1. The van der Waals surface area contributed by atoms with E-state index in [1.807, 2.05) is 0 Å². The number of nitrogens with two attached hydrogens (primary N) is 1. The van der Waals surface area contributed by atoms with Crippen LogP contribution in [0.3, 0.4) is 0 Å². The largest absolute Gasteiger partial charge is 0.325 e. The van der Waals surface area contributed by atoms with Gasteiger partial charge in [0.25, 0.3) is 0 Å². The van der Waals surface area contributed by atoms with Crippen molar-refractivity contribution in [2.24, 2.45) is 5.73 Å². The van der Waals surface area contributed by atoms with Crippen LogP contribution in [-0.2, 0) is 9.63 Å². The Kier molecular flexibility index (Phi) is 3.82. The van der Waals surface area contributed by atoms with Crippen LogP contribution < -0.4 is 11.2 Å². The maximum atomic E-state index is 11.6. The fourth-order valence-electron chi connectivity index (χ4n) is 2.77. The van der Waals surface area contributed by atoms with Crippen molar-refractivity contribution in [3.8, 4) is 0 Å². The zero-order valence-electron chi connectivity index (χ0n) is 9.84. The van der Waals surface area contributed by atoms with E-state index in [1.54, 1.807) is 0 Å². The molecule has 0 heterocycles. The average molecular weight is 226 g/mol. The maximum Gasteiger partial charge on any atom is 0.245 e. The molecule has 0 aromatic heterocycles. The summed E-state index contributed by atoms with van der Waals surface area (Å²) in [4.78, 5) is 17.0. The van der Waals surface area contributed by atoms with E-state index in [2.05, 4.69) is 5.48 Å². The third kappa shape index (κ3) is 3.19. The molecule has 1 amide bonds. The predicted octanol–water partition coefficient (Wildman–Crippen LogP) is 1.64. The summed E-state index contributed by atoms with van der Waals surface area (Å²) in [6.07, 6.45) is 9.39. The van der Waals surface area contributed by atoms with Gasteiger partial charge in [-0.15, -0.1) is 0 Å². The van der Waals surface area contributed by atoms with Crippen LogP contribution in [0.25, 0.3) is 0 Å². The molecule has 2 aliphatic rings. The van der Waals surface area contributed by atoms with Gasteiger partial charge in [0.05, 0.1) is 6.10 Å². The molecule has 2 rings (SSSR count). The van der Waals surface area contributed by atoms with Crippen LogP contribution in [0, 0.1) is 0 Å². The van der Waals surface area contributed by atoms with E-state index in [-0.39, 0.29) is 17.6 Å². The first-order valence-electron chi connectivity index (χ1n) is 6.41. The first kappa shape index (κ1) is 11.9. The molecule has 0 saturated heterocycles. The second-order valence-corrected chi connectivity index (χ2v) is 5.30. The highest BCUT2D eigenvalue weighted by Gasteiger charge is 2.32. The smallest absolute Gasteiger partial charge is 0.245 e. The lowest BCUT2D eigenvalue weighted by molar-refractivity contribution is -0.139. The molecule has 2 fully saturated rings. The molecule has 16 heavy (non-hydrogen) atoms. The van der Waals surface area contributed by atoms with Crippen molar-refractivity contribution in [3.05, 3.63) is 0 Å². The molecule has 0 bridgehead atoms. The van der Waals surface area contributed by atoms with E-state index in [1.165, 1.54) is 12.8 Å². The van der Waals surface area contributed by atoms with Crippen LogP contribution in [0.4, 0.5) is 0 Å². The summed E-state index contributed by atoms with van der Waals surface area (Å²) in [6, 6.07) is 0. The van der Waals surface area contributed by atoms with E-state index in [0.29, 0.717) is 6.42 Å². The average Bonchev–Trinajstić information content (AvgIpc) is 2.86. The third-order valence-corrected chi connectivity index (χ3v) is 3.75. The summed E-state index contributed by atoms with van der Waals surface area (Å²) in [6.45, 7) is 0. The molecule has 0 spiro atoms. The first-order chi connectivity index (χ1) is 7.68. The lowest BCUT2D eigenvalue weighted by Crippen LogP contribution is -2.42. The van der Waals surface area contributed by atoms with Crippen molar-refractivity contribution in [2.75, 3.05) is 0 Å². The molecule has 0 atom stereocenters. The van der Waals surface area contributed by atoms with Crippen molar-refractivity contribution in [1.29, 1.82) is 0 Å². The number of hydroxylamine groups is 1. The standard InChI is InChI=1S/C12H22N2O2/c13-12(7-3-4-8-12)9-11(15)14-16-10-5-1-2-6-10/h10H,1-9,13H2,(H,14,15). The first-order valence-corrected chi connectivity index (χ1v) is 6.41. The second kappa shape index (κ2) is 5.15. The molecule has 92 valence electrons. The minimum Gasteiger partial charge on any atom is -0.325 e. The Balaban J connectivity index is 1.67. The number of nitrogens with one attached hydrogen (secondary N) is 1. The fraction of sp³-hybridized carbons (Fsp3) is 0.917. The summed E-state index contributed by atoms with van der Waals surface area (Å²) in [5.41, 5.74) is 8.41. The molecule has 0 aromatic carbocycles. The Bertz CT molecular complexity index is 243. The Morgan fingerprint density at radius 2 is 1.88 bits per heavy atom. The summed E-state index contributed by atoms with van der Waals surface area (Å²) in [5.74, 6) is -0.0590. The molecule has 0 aliphatic heterocycles. The van der Waals surface area contributed by atoms with Crippen LogP contribution in [-0.4, -0.2) is 17.6 Å². The van der Waals surface area contributed by atoms with Gasteiger partial charge in [-0.1, -0.05) is 25.7 Å². The van der Waals surface area contributed by atoms with E-state index in [4.69, 9.17) is 10.6 Å². The molecular formula is C12H22N2O2. The molecule has 0 aromatic rings. The lowest BCUT2D eigenvalue weighted by Gasteiger charge is -2.22. The number of hydrogen-bond donors (Lipinski definition) is 2. The number of rotatable bonds is 4. The van der Waals surface area contributed by atoms with Gasteiger partial charge in [-0.2, -0.15) is 0 Å². The normalized spacial score (nSPS) is 24.8. The lowest BCUT2D eigenvalue weighted by atomic mass is 9.95. The molecule has 0 radical (unpaired) electrons. The molecule has 0 unspecified atom stereocenters. The Morgan fingerprint density at radius 1 is 1.25 bits per heavy atom. The highest BCUT2D eigenvalue weighted by molar-refractivity contribution is 5.76. The van der Waals surface area contributed by atoms with Crippen molar-refractivity contribution < 1.29 is 9.63 Å². The number of carbonyl (C=O) groups is 1. The van der Waals surface area contributed by atoms with Gasteiger partial charge in [0.1, 0.15) is 0 Å². The quantitative estimate of drug-likeness (QED) is 0.716. The van der Waals surface area contributed by atoms with Gasteiger partial charge in [0, 0.05) is 12.0 Å². The van der Waals surface area contributed by atoms with Crippen molar-refractivity contribution in [2.45, 2.75) is 69.4 Å². The summed E-state index contributed by atoms with van der Waals surface area (Å²) >= 11 is 0. The highest BCUT2D eigenvalue weighted by atomic mass is 16.7. The van der Waals surface area contributed by atoms with E-state index < -0.39 is 0 Å². The van der Waals surface area contributed by atoms with E-state index >= 15 is 0 Å². The van der Waals surface area contributed by atoms with Crippen LogP contribution in [0.15, 0.2) is 0 Å². The summed E-state index contributed by atoms with van der Waals surface area (Å²) < 4.78 is 0. The van der Waals surface area contributed by atoms with Gasteiger partial charge in [-0.3, -0.25) is 9.63 Å². The number of carbonyl (C=O) groups excluding carboxylic acids is 1. The minimum absolute atomic E-state index is 0.0590. The van der Waals surface area contributed by atoms with Crippen LogP contribution in [0.2, 0.25) is 0 Å². The summed E-state index contributed by atoms with van der Waals surface area (Å²) in [7, 11) is 0. The van der Waals surface area contributed by atoms with Crippen molar-refractivity contribution >= 4 is 5.91 Å². The minimum atomic E-state index is -0.275. The van der Waals surface area contributed by atoms with Gasteiger partial charge in [0.15, 0.2) is 0 Å². The topological polar surface area (TPSA) is 64.4 Å². The Morgan fingerprint density at radius 3 is 2.50 bits per heavy atom. The van der Waals surface area contributed by atoms with Crippen LogP contribution in [0.5, 0.6) is 0 Å². The van der Waals surface area contributed by atoms with Gasteiger partial charge in [-0.05, 0) is 25.7 Å². The Labute approximate surface area is 96.9 Å². The number of amides is 1. The molecule has 2 saturated carbocycles. The highest BCUT2D eigenvalue weighted by Crippen LogP contribution is 2.30. The van der Waals surface area contributed by atoms with Gasteiger partial charge in [-0.25, -0.2) is 5.48 Å². The second-order valence-electron chi connectivity index (χ2n) is 5.30. The predicted molar refractivity (Wildman–Crippen MR) is 61.5 cm³/mol. The molecule has 4 nitrogen and oxygen atoms in total. The molecule has 3 N–H and O–H groups in total. The van der Waals surface area contributed by atoms with Crippen LogP contribution in [0.1, 0.15) is 57.8 Å². The molecule has 2 aliphatic carbocycles. The maximum absolute atomic E-state index is 11.6. The number of hydrogen-bond acceptors (Lipinski definition) is 3. The van der Waals surface area contributed by atoms with Crippen molar-refractivity contribution in [3.63, 3.8) is 0 Å². The zero-order valence-corrected chi connectivity index (χ0v) is 9.84. The van der Waals surface area contributed by atoms with Gasteiger partial charge in [0.2, 0.25) is 5.91 Å². The zero-order chi connectivity index (χ0) is 11.4. The van der Waals surface area contributed by atoms with Crippen molar-refractivity contribution in [1.82, 2.24) is 5.48 Å². The van der Waals surface area contributed by atoms with E-state index in [9.17, 15) is 4.79 Å². The fourth-order valence-corrected chi connectivity index (χ4v) is 2.77. The summed E-state index contributed by atoms with van der Waals surface area (Å²) in [5, 5.41) is 0. The monoisotopic (exact) mass is 226 g/mol. The van der Waals surface area contributed by atoms with Crippen LogP contribution >= 0.6 is 0 Å². The van der Waals surface area contributed by atoms with Gasteiger partial charge >= 0.3 is 0 Å². The molecule has 4 heteroatoms.